The molecular weight excluding hydrogens is 464 g/mol. The van der Waals surface area contributed by atoms with E-state index >= 15 is 0 Å². The van der Waals surface area contributed by atoms with Gasteiger partial charge in [-0.3, -0.25) is 4.79 Å². The molecule has 0 aliphatic carbocycles. The number of fused-ring (bicyclic) bond motifs is 3. The normalized spacial score (nSPS) is 15.9. The number of carbonyl (C=O) groups excluding carboxylic acids is 1. The lowest BCUT2D eigenvalue weighted by atomic mass is 10.1. The van der Waals surface area contributed by atoms with Crippen molar-refractivity contribution in [1.29, 1.82) is 0 Å². The predicted octanol–water partition coefficient (Wildman–Crippen LogP) is 4.23. The Morgan fingerprint density at radius 2 is 1.78 bits per heavy atom. The number of carbonyl (C=O) groups is 1. The summed E-state index contributed by atoms with van der Waals surface area (Å²) in [4.78, 5) is 22.6. The summed E-state index contributed by atoms with van der Waals surface area (Å²) in [6, 6.07) is 25.6. The number of hydrogen-bond acceptors (Lipinski definition) is 6. The van der Waals surface area contributed by atoms with Crippen LogP contribution in [0.3, 0.4) is 0 Å². The van der Waals surface area contributed by atoms with Gasteiger partial charge in [-0.15, -0.1) is 10.2 Å². The zero-order chi connectivity index (χ0) is 25.4. The van der Waals surface area contributed by atoms with Crippen molar-refractivity contribution in [2.75, 3.05) is 31.6 Å². The van der Waals surface area contributed by atoms with E-state index in [4.69, 9.17) is 9.72 Å². The van der Waals surface area contributed by atoms with Gasteiger partial charge in [0, 0.05) is 43.0 Å². The van der Waals surface area contributed by atoms with Gasteiger partial charge in [0.05, 0.1) is 12.6 Å². The van der Waals surface area contributed by atoms with Gasteiger partial charge in [-0.2, -0.15) is 0 Å². The van der Waals surface area contributed by atoms with E-state index in [-0.39, 0.29) is 11.9 Å². The van der Waals surface area contributed by atoms with E-state index in [0.29, 0.717) is 37.4 Å². The van der Waals surface area contributed by atoms with E-state index in [1.165, 1.54) is 0 Å². The second-order valence-electron chi connectivity index (χ2n) is 9.39. The Hall–Kier alpha value is -4.46. The number of hydrogen-bond donors (Lipinski definition) is 0. The van der Waals surface area contributed by atoms with Crippen LogP contribution in [0.2, 0.25) is 0 Å². The van der Waals surface area contributed by atoms with Gasteiger partial charge >= 0.3 is 0 Å². The summed E-state index contributed by atoms with van der Waals surface area (Å²) in [5.41, 5.74) is 3.48. The van der Waals surface area contributed by atoms with Crippen LogP contribution in [0.15, 0.2) is 78.9 Å². The van der Waals surface area contributed by atoms with Gasteiger partial charge in [0.2, 0.25) is 5.95 Å². The maximum absolute atomic E-state index is 13.3. The monoisotopic (exact) mass is 492 g/mol. The Labute approximate surface area is 215 Å². The maximum atomic E-state index is 13.3. The molecule has 0 radical (unpaired) electrons. The van der Waals surface area contributed by atoms with Crippen LogP contribution in [0.25, 0.3) is 16.6 Å². The molecule has 0 N–H and O–H groups in total. The molecule has 0 spiro atoms. The summed E-state index contributed by atoms with van der Waals surface area (Å²) in [6.45, 7) is 3.98. The Bertz CT molecular complexity index is 1580. The number of rotatable bonds is 5. The summed E-state index contributed by atoms with van der Waals surface area (Å²) < 4.78 is 7.40. The van der Waals surface area contributed by atoms with Gasteiger partial charge in [-0.25, -0.2) is 9.38 Å². The lowest BCUT2D eigenvalue weighted by molar-refractivity contribution is 0.0672. The highest BCUT2D eigenvalue weighted by Gasteiger charge is 2.31. The van der Waals surface area contributed by atoms with Crippen LogP contribution in [0.1, 0.15) is 28.7 Å². The average Bonchev–Trinajstić information content (AvgIpc) is 3.36. The predicted molar refractivity (Wildman–Crippen MR) is 143 cm³/mol. The Morgan fingerprint density at radius 3 is 2.59 bits per heavy atom. The topological polar surface area (TPSA) is 75.9 Å². The first-order valence-corrected chi connectivity index (χ1v) is 12.5. The summed E-state index contributed by atoms with van der Waals surface area (Å²) >= 11 is 0. The fourth-order valence-corrected chi connectivity index (χ4v) is 5.09. The van der Waals surface area contributed by atoms with Crippen molar-refractivity contribution in [2.24, 2.45) is 0 Å². The molecule has 1 saturated heterocycles. The summed E-state index contributed by atoms with van der Waals surface area (Å²) in [7, 11) is 1.61. The van der Waals surface area contributed by atoms with E-state index in [9.17, 15) is 4.79 Å². The van der Waals surface area contributed by atoms with E-state index in [1.807, 2.05) is 65.6 Å². The van der Waals surface area contributed by atoms with Crippen molar-refractivity contribution < 1.29 is 9.53 Å². The van der Waals surface area contributed by atoms with Crippen LogP contribution < -0.4 is 9.64 Å². The van der Waals surface area contributed by atoms with Crippen molar-refractivity contribution in [3.63, 3.8) is 0 Å². The zero-order valence-electron chi connectivity index (χ0n) is 20.9. The molecule has 37 heavy (non-hydrogen) atoms. The van der Waals surface area contributed by atoms with Gasteiger partial charge in [-0.05, 0) is 42.8 Å². The third kappa shape index (κ3) is 4.24. The minimum absolute atomic E-state index is 0.00942. The molecule has 186 valence electrons. The number of methoxy groups -OCH3 is 1. The number of para-hydroxylation sites is 1. The second-order valence-corrected chi connectivity index (χ2v) is 9.39. The highest BCUT2D eigenvalue weighted by Crippen LogP contribution is 2.27. The minimum atomic E-state index is -0.00942. The van der Waals surface area contributed by atoms with Crippen LogP contribution >= 0.6 is 0 Å². The minimum Gasteiger partial charge on any atom is -0.497 e. The molecular formula is C29H28N6O2. The largest absolute Gasteiger partial charge is 0.497 e. The molecule has 3 aromatic carbocycles. The molecule has 6 rings (SSSR count). The molecule has 1 fully saturated rings. The maximum Gasteiger partial charge on any atom is 0.254 e. The van der Waals surface area contributed by atoms with Crippen LogP contribution in [0.5, 0.6) is 5.75 Å². The van der Waals surface area contributed by atoms with Gasteiger partial charge in [0.1, 0.15) is 11.6 Å². The number of ether oxygens (including phenoxy) is 1. The molecule has 1 atom stereocenters. The number of benzene rings is 3. The van der Waals surface area contributed by atoms with Gasteiger partial charge in [-0.1, -0.05) is 48.5 Å². The molecule has 5 aromatic rings. The Kier molecular flexibility index (Phi) is 5.92. The molecule has 0 bridgehead atoms. The second kappa shape index (κ2) is 9.54. The summed E-state index contributed by atoms with van der Waals surface area (Å²) in [5, 5.41) is 10.1. The van der Waals surface area contributed by atoms with Crippen molar-refractivity contribution in [1.82, 2.24) is 24.5 Å². The van der Waals surface area contributed by atoms with E-state index < -0.39 is 0 Å². The highest BCUT2D eigenvalue weighted by atomic mass is 16.5. The van der Waals surface area contributed by atoms with Crippen LogP contribution in [0, 0.1) is 0 Å². The molecule has 1 aliphatic heterocycles. The number of aromatic nitrogens is 4. The van der Waals surface area contributed by atoms with Gasteiger partial charge < -0.3 is 14.5 Å². The molecule has 0 unspecified atom stereocenters. The standard InChI is InChI=1S/C29H28N6O2/c1-20-19-33(15-16-34(20)28(36)22-11-8-12-23(18-22)37-2)29-30-25-14-7-6-13-24(25)27-32-31-26(35(27)29)17-21-9-4-3-5-10-21/h3-14,18,20H,15-17,19H2,1-2H3/t20-/m1/s1. The van der Waals surface area contributed by atoms with Crippen molar-refractivity contribution in [2.45, 2.75) is 19.4 Å². The van der Waals surface area contributed by atoms with Gasteiger partial charge in [0.15, 0.2) is 5.65 Å². The van der Waals surface area contributed by atoms with Crippen molar-refractivity contribution in [3.05, 3.63) is 95.8 Å². The molecule has 2 aromatic heterocycles. The van der Waals surface area contributed by atoms with E-state index in [2.05, 4.69) is 38.6 Å². The third-order valence-electron chi connectivity index (χ3n) is 6.99. The number of piperazine rings is 1. The Morgan fingerprint density at radius 1 is 0.973 bits per heavy atom. The quantitative estimate of drug-likeness (QED) is 0.366. The Balaban J connectivity index is 1.35. The number of nitrogens with zero attached hydrogens (tertiary/aromatic N) is 6. The van der Waals surface area contributed by atoms with Crippen molar-refractivity contribution in [3.8, 4) is 5.75 Å². The molecule has 0 saturated carbocycles. The zero-order valence-corrected chi connectivity index (χ0v) is 20.9. The summed E-state index contributed by atoms with van der Waals surface area (Å²) in [5.74, 6) is 2.34. The average molecular weight is 493 g/mol. The van der Waals surface area contributed by atoms with Crippen LogP contribution in [0.4, 0.5) is 5.95 Å². The van der Waals surface area contributed by atoms with E-state index in [0.717, 1.165) is 33.9 Å². The smallest absolute Gasteiger partial charge is 0.254 e. The first-order chi connectivity index (χ1) is 18.1. The summed E-state index contributed by atoms with van der Waals surface area (Å²) in [6.07, 6.45) is 0.652. The van der Waals surface area contributed by atoms with Crippen molar-refractivity contribution >= 4 is 28.4 Å². The van der Waals surface area contributed by atoms with Crippen LogP contribution in [-0.4, -0.2) is 63.2 Å². The lowest BCUT2D eigenvalue weighted by Crippen LogP contribution is -2.54. The third-order valence-corrected chi connectivity index (χ3v) is 6.99. The molecule has 8 heteroatoms. The fraction of sp³-hybridized carbons (Fsp3) is 0.241. The molecule has 8 nitrogen and oxygen atoms in total. The highest BCUT2D eigenvalue weighted by molar-refractivity contribution is 5.95. The van der Waals surface area contributed by atoms with Crippen LogP contribution in [-0.2, 0) is 6.42 Å². The molecule has 3 heterocycles. The SMILES string of the molecule is COc1cccc(C(=O)N2CCN(c3nc4ccccc4c4nnc(Cc5ccccc5)n34)C[C@H]2C)c1. The number of anilines is 1. The molecule has 1 amide bonds. The number of amides is 1. The fourth-order valence-electron chi connectivity index (χ4n) is 5.09. The molecule has 1 aliphatic rings. The lowest BCUT2D eigenvalue weighted by Gasteiger charge is -2.40. The van der Waals surface area contributed by atoms with E-state index in [1.54, 1.807) is 13.2 Å². The van der Waals surface area contributed by atoms with Gasteiger partial charge in [0.25, 0.3) is 5.91 Å². The first-order valence-electron chi connectivity index (χ1n) is 12.5. The first kappa shape index (κ1) is 23.0.